The Morgan fingerprint density at radius 2 is 2.07 bits per heavy atom. The number of fused-ring (bicyclic) bond motifs is 3. The number of aliphatic imine (C=N–C) groups is 1. The molecule has 0 radical (unpaired) electrons. The highest BCUT2D eigenvalue weighted by Gasteiger charge is 2.65. The van der Waals surface area contributed by atoms with Crippen LogP contribution in [0, 0.1) is 6.92 Å². The molecule has 4 heteroatoms. The Hall–Kier alpha value is -3.01. The van der Waals surface area contributed by atoms with Gasteiger partial charge < -0.3 is 15.4 Å². The first-order chi connectivity index (χ1) is 13.8. The van der Waals surface area contributed by atoms with E-state index in [9.17, 15) is 0 Å². The van der Waals surface area contributed by atoms with Gasteiger partial charge in [-0.05, 0) is 55.5 Å². The molecule has 2 atom stereocenters. The molecule has 2 spiro atoms. The fourth-order valence-electron chi connectivity index (χ4n) is 5.04. The van der Waals surface area contributed by atoms with Crippen molar-refractivity contribution in [2.45, 2.75) is 44.2 Å². The minimum absolute atomic E-state index is 0.466. The van der Waals surface area contributed by atoms with Crippen LogP contribution in [0.5, 0.6) is 5.75 Å². The minimum Gasteiger partial charge on any atom is -0.483 e. The maximum absolute atomic E-state index is 6.77. The molecule has 3 aliphatic rings. The summed E-state index contributed by atoms with van der Waals surface area (Å²) in [5, 5.41) is 0. The van der Waals surface area contributed by atoms with Crippen LogP contribution in [0.1, 0.15) is 37.3 Å². The molecule has 1 aromatic rings. The van der Waals surface area contributed by atoms with Gasteiger partial charge >= 0.3 is 0 Å². The highest BCUT2D eigenvalue weighted by molar-refractivity contribution is 5.85. The lowest BCUT2D eigenvalue weighted by atomic mass is 9.70. The summed E-state index contributed by atoms with van der Waals surface area (Å²) in [4.78, 5) is 6.91. The van der Waals surface area contributed by atoms with Gasteiger partial charge in [0.25, 0.3) is 0 Å². The lowest BCUT2D eigenvalue weighted by molar-refractivity contribution is 0.0274. The van der Waals surface area contributed by atoms with Crippen LogP contribution >= 0.6 is 0 Å². The van der Waals surface area contributed by atoms with E-state index in [1.165, 1.54) is 5.57 Å². The second-order valence-electron chi connectivity index (χ2n) is 8.21. The molecule has 4 nitrogen and oxygen atoms in total. The first kappa shape index (κ1) is 19.3. The van der Waals surface area contributed by atoms with E-state index in [-0.39, 0.29) is 0 Å². The highest BCUT2D eigenvalue weighted by Crippen LogP contribution is 2.61. The Morgan fingerprint density at radius 1 is 1.31 bits per heavy atom. The number of hydrogen-bond donors (Lipinski definition) is 1. The monoisotopic (exact) mass is 387 g/mol. The predicted octanol–water partition coefficient (Wildman–Crippen LogP) is 4.89. The molecule has 150 valence electrons. The second kappa shape index (κ2) is 6.51. The van der Waals surface area contributed by atoms with Crippen molar-refractivity contribution in [1.82, 2.24) is 4.90 Å². The normalized spacial score (nSPS) is 28.9. The van der Waals surface area contributed by atoms with E-state index in [1.807, 2.05) is 37.1 Å². The number of rotatable bonds is 2. The molecule has 2 aliphatic heterocycles. The molecular weight excluding hydrogens is 358 g/mol. The van der Waals surface area contributed by atoms with Gasteiger partial charge in [-0.25, -0.2) is 4.99 Å². The maximum Gasteiger partial charge on any atom is 0.196 e. The first-order valence-corrected chi connectivity index (χ1v) is 10.0. The van der Waals surface area contributed by atoms with E-state index in [4.69, 9.17) is 15.5 Å². The average Bonchev–Trinajstić information content (AvgIpc) is 3.02. The molecule has 2 N–H and O–H groups in total. The van der Waals surface area contributed by atoms with Crippen LogP contribution in [0.25, 0.3) is 0 Å². The van der Waals surface area contributed by atoms with Crippen LogP contribution in [0.2, 0.25) is 0 Å². The summed E-state index contributed by atoms with van der Waals surface area (Å²) in [6.45, 7) is 17.0. The van der Waals surface area contributed by atoms with Gasteiger partial charge in [0.1, 0.15) is 11.4 Å². The summed E-state index contributed by atoms with van der Waals surface area (Å²) >= 11 is 0. The Kier molecular flexibility index (Phi) is 4.34. The van der Waals surface area contributed by atoms with Crippen LogP contribution in [0.4, 0.5) is 0 Å². The zero-order valence-electron chi connectivity index (χ0n) is 17.6. The summed E-state index contributed by atoms with van der Waals surface area (Å²) in [6.07, 6.45) is 8.33. The van der Waals surface area contributed by atoms with Crippen molar-refractivity contribution >= 4 is 5.96 Å². The molecule has 0 saturated heterocycles. The van der Waals surface area contributed by atoms with Crippen LogP contribution in [0.15, 0.2) is 83.6 Å². The first-order valence-electron chi connectivity index (χ1n) is 10.0. The van der Waals surface area contributed by atoms with Gasteiger partial charge in [-0.3, -0.25) is 0 Å². The standard InChI is InChI=1S/C25H29N3O/c1-7-9-20-17(4)15-24(13-12-19(20)8-2)25(18(5)28(6)23(26)27-25)21-14-16(3)10-11-22(21)29-24/h7-11,14H,2,4-5,12-13,15H2,1,3,6H3,(H2,26,27)/b9-7-. The van der Waals surface area contributed by atoms with Gasteiger partial charge in [-0.2, -0.15) is 0 Å². The van der Waals surface area contributed by atoms with E-state index >= 15 is 0 Å². The number of hydrogen-bond acceptors (Lipinski definition) is 4. The van der Waals surface area contributed by atoms with Gasteiger partial charge in [-0.1, -0.05) is 49.6 Å². The summed E-state index contributed by atoms with van der Waals surface area (Å²) < 4.78 is 6.77. The molecule has 29 heavy (non-hydrogen) atoms. The fraction of sp³-hybridized carbons (Fsp3) is 0.320. The van der Waals surface area contributed by atoms with Crippen molar-refractivity contribution in [3.63, 3.8) is 0 Å². The molecule has 0 saturated carbocycles. The van der Waals surface area contributed by atoms with E-state index in [1.54, 1.807) is 0 Å². The Balaban J connectivity index is 1.94. The smallest absolute Gasteiger partial charge is 0.196 e. The number of allylic oxidation sites excluding steroid dienone is 5. The number of guanidine groups is 1. The van der Waals surface area contributed by atoms with Crippen LogP contribution in [0.3, 0.4) is 0 Å². The largest absolute Gasteiger partial charge is 0.483 e. The third-order valence-electron chi connectivity index (χ3n) is 6.54. The molecular formula is C25H29N3O. The molecule has 1 aliphatic carbocycles. The number of likely N-dealkylation sites (N-methyl/N-ethyl adjacent to an activating group) is 1. The van der Waals surface area contributed by atoms with Gasteiger partial charge in [0.05, 0.1) is 0 Å². The van der Waals surface area contributed by atoms with Crippen molar-refractivity contribution < 1.29 is 4.74 Å². The van der Waals surface area contributed by atoms with Crippen molar-refractivity contribution in [2.24, 2.45) is 10.7 Å². The minimum atomic E-state index is -0.756. The van der Waals surface area contributed by atoms with Gasteiger partial charge in [-0.15, -0.1) is 0 Å². The third-order valence-corrected chi connectivity index (χ3v) is 6.54. The molecule has 4 rings (SSSR count). The average molecular weight is 388 g/mol. The third kappa shape index (κ3) is 2.48. The summed E-state index contributed by atoms with van der Waals surface area (Å²) in [7, 11) is 1.92. The lowest BCUT2D eigenvalue weighted by Gasteiger charge is -2.41. The number of nitrogens with two attached hydrogens (primary N) is 1. The Labute approximate surface area is 173 Å². The molecule has 0 bridgehead atoms. The van der Waals surface area contributed by atoms with Crippen LogP contribution < -0.4 is 10.5 Å². The fourth-order valence-corrected chi connectivity index (χ4v) is 5.04. The number of benzene rings is 1. The molecule has 0 fully saturated rings. The number of nitrogens with zero attached hydrogens (tertiary/aromatic N) is 2. The van der Waals surface area contributed by atoms with E-state index in [0.29, 0.717) is 12.4 Å². The van der Waals surface area contributed by atoms with Crippen molar-refractivity contribution in [3.8, 4) is 5.75 Å². The summed E-state index contributed by atoms with van der Waals surface area (Å²) in [5.41, 5.74) is 11.3. The second-order valence-corrected chi connectivity index (χ2v) is 8.21. The molecule has 1 aromatic carbocycles. The number of ether oxygens (including phenoxy) is 1. The molecule has 0 aromatic heterocycles. The predicted molar refractivity (Wildman–Crippen MR) is 120 cm³/mol. The topological polar surface area (TPSA) is 50.9 Å². The maximum atomic E-state index is 6.77. The Morgan fingerprint density at radius 3 is 2.69 bits per heavy atom. The van der Waals surface area contributed by atoms with Crippen molar-refractivity contribution in [1.29, 1.82) is 0 Å². The Bertz CT molecular complexity index is 1030. The van der Waals surface area contributed by atoms with Gasteiger partial charge in [0.15, 0.2) is 11.5 Å². The molecule has 2 unspecified atom stereocenters. The van der Waals surface area contributed by atoms with Crippen LogP contribution in [-0.4, -0.2) is 23.5 Å². The van der Waals surface area contributed by atoms with E-state index in [0.717, 1.165) is 46.6 Å². The SMILES string of the molecule is C=CC1=C(/C=C\C)C(=C)CC2(CC1)Oc1ccc(C)cc1C21N=C(N)N(C)C1=C. The highest BCUT2D eigenvalue weighted by atomic mass is 16.5. The summed E-state index contributed by atoms with van der Waals surface area (Å²) in [6, 6.07) is 6.28. The number of aryl methyl sites for hydroxylation is 1. The van der Waals surface area contributed by atoms with Gasteiger partial charge in [0.2, 0.25) is 0 Å². The summed E-state index contributed by atoms with van der Waals surface area (Å²) in [5.74, 6) is 1.32. The van der Waals surface area contributed by atoms with Crippen molar-refractivity contribution in [2.75, 3.05) is 7.05 Å². The van der Waals surface area contributed by atoms with E-state index < -0.39 is 11.1 Å². The van der Waals surface area contributed by atoms with Crippen LogP contribution in [-0.2, 0) is 5.54 Å². The lowest BCUT2D eigenvalue weighted by Crippen LogP contribution is -2.51. The zero-order valence-corrected chi connectivity index (χ0v) is 17.6. The van der Waals surface area contributed by atoms with Crippen molar-refractivity contribution in [3.05, 3.63) is 89.7 Å². The van der Waals surface area contributed by atoms with E-state index in [2.05, 4.69) is 44.9 Å². The van der Waals surface area contributed by atoms with Gasteiger partial charge in [0, 0.05) is 24.7 Å². The molecule has 0 amide bonds. The zero-order chi connectivity index (χ0) is 21.0. The quantitative estimate of drug-likeness (QED) is 0.786. The molecule has 2 heterocycles.